The molecule has 8 heteroatoms. The van der Waals surface area contributed by atoms with Gasteiger partial charge >= 0.3 is 0 Å². The summed E-state index contributed by atoms with van der Waals surface area (Å²) in [6.07, 6.45) is 0. The van der Waals surface area contributed by atoms with Crippen LogP contribution in [0.25, 0.3) is 0 Å². The number of aliphatic hydroxyl groups excluding tert-OH is 1. The third-order valence-electron chi connectivity index (χ3n) is 2.86. The maximum Gasteiger partial charge on any atom is 0.265 e. The van der Waals surface area contributed by atoms with Crippen molar-refractivity contribution in [2.75, 3.05) is 17.5 Å². The molecular formula is C14H12ClF2NO3S. The number of rotatable bonds is 5. The summed E-state index contributed by atoms with van der Waals surface area (Å²) in [5, 5.41) is 8.81. The Kier molecular flexibility index (Phi) is 5.00. The Labute approximate surface area is 131 Å². The average Bonchev–Trinajstić information content (AvgIpc) is 2.44. The van der Waals surface area contributed by atoms with Gasteiger partial charge in [-0.05, 0) is 36.4 Å². The van der Waals surface area contributed by atoms with Gasteiger partial charge in [-0.15, -0.1) is 0 Å². The Morgan fingerprint density at radius 2 is 1.77 bits per heavy atom. The smallest absolute Gasteiger partial charge is 0.265 e. The third kappa shape index (κ3) is 3.37. The van der Waals surface area contributed by atoms with Crippen molar-refractivity contribution in [2.45, 2.75) is 4.90 Å². The molecule has 0 unspecified atom stereocenters. The minimum atomic E-state index is -4.17. The highest BCUT2D eigenvalue weighted by molar-refractivity contribution is 7.93. The number of nitrogens with zero attached hydrogens (tertiary/aromatic N) is 1. The molecule has 0 atom stereocenters. The van der Waals surface area contributed by atoms with E-state index in [4.69, 9.17) is 16.7 Å². The van der Waals surface area contributed by atoms with Crippen LogP contribution in [0.4, 0.5) is 14.5 Å². The van der Waals surface area contributed by atoms with Gasteiger partial charge in [-0.2, -0.15) is 0 Å². The zero-order chi connectivity index (χ0) is 16.3. The lowest BCUT2D eigenvalue weighted by molar-refractivity contribution is 0.306. The number of aliphatic hydroxyl groups is 1. The van der Waals surface area contributed by atoms with Crippen molar-refractivity contribution >= 4 is 27.3 Å². The van der Waals surface area contributed by atoms with Crippen molar-refractivity contribution in [1.29, 1.82) is 0 Å². The van der Waals surface area contributed by atoms with Crippen LogP contribution in [-0.2, 0) is 10.0 Å². The van der Waals surface area contributed by atoms with Gasteiger partial charge in [0.2, 0.25) is 0 Å². The molecular weight excluding hydrogens is 336 g/mol. The van der Waals surface area contributed by atoms with Gasteiger partial charge in [0.15, 0.2) is 0 Å². The van der Waals surface area contributed by atoms with Crippen LogP contribution in [0.3, 0.4) is 0 Å². The second-order valence-corrected chi connectivity index (χ2v) is 6.59. The van der Waals surface area contributed by atoms with Crippen LogP contribution in [-0.4, -0.2) is 26.7 Å². The molecule has 0 aliphatic rings. The molecule has 118 valence electrons. The van der Waals surface area contributed by atoms with Gasteiger partial charge in [0.25, 0.3) is 10.0 Å². The van der Waals surface area contributed by atoms with Gasteiger partial charge in [0.05, 0.1) is 23.9 Å². The van der Waals surface area contributed by atoms with E-state index in [1.807, 2.05) is 0 Å². The van der Waals surface area contributed by atoms with Crippen molar-refractivity contribution in [3.05, 3.63) is 59.1 Å². The minimum Gasteiger partial charge on any atom is -0.394 e. The number of sulfonamides is 1. The van der Waals surface area contributed by atoms with E-state index >= 15 is 0 Å². The van der Waals surface area contributed by atoms with Crippen LogP contribution >= 0.6 is 11.6 Å². The molecule has 0 aromatic heterocycles. The molecule has 2 rings (SSSR count). The van der Waals surface area contributed by atoms with Crippen LogP contribution in [0.1, 0.15) is 0 Å². The summed E-state index contributed by atoms with van der Waals surface area (Å²) in [7, 11) is -4.17. The van der Waals surface area contributed by atoms with E-state index in [2.05, 4.69) is 0 Å². The summed E-state index contributed by atoms with van der Waals surface area (Å²) in [5.74, 6) is -1.30. The monoisotopic (exact) mass is 347 g/mol. The summed E-state index contributed by atoms with van der Waals surface area (Å²) in [6.45, 7) is -0.770. The zero-order valence-electron chi connectivity index (χ0n) is 11.2. The zero-order valence-corrected chi connectivity index (χ0v) is 12.8. The number of benzene rings is 2. The molecule has 0 heterocycles. The van der Waals surface area contributed by atoms with Crippen LogP contribution in [0, 0.1) is 11.6 Å². The number of halogens is 3. The normalized spacial score (nSPS) is 11.5. The Hall–Kier alpha value is -1.70. The molecule has 0 fully saturated rings. The first-order chi connectivity index (χ1) is 10.4. The molecule has 0 radical (unpaired) electrons. The van der Waals surface area contributed by atoms with Crippen LogP contribution < -0.4 is 4.31 Å². The Balaban J connectivity index is 2.55. The van der Waals surface area contributed by atoms with Gasteiger partial charge in [0.1, 0.15) is 16.5 Å². The van der Waals surface area contributed by atoms with E-state index in [0.717, 1.165) is 34.6 Å². The second-order valence-electron chi connectivity index (χ2n) is 4.36. The number of anilines is 1. The predicted molar refractivity (Wildman–Crippen MR) is 79.4 cm³/mol. The fourth-order valence-corrected chi connectivity index (χ4v) is 3.87. The molecule has 22 heavy (non-hydrogen) atoms. The number of hydrogen-bond donors (Lipinski definition) is 1. The lowest BCUT2D eigenvalue weighted by atomic mass is 10.3. The van der Waals surface area contributed by atoms with Gasteiger partial charge in [0, 0.05) is 0 Å². The summed E-state index contributed by atoms with van der Waals surface area (Å²) >= 11 is 5.79. The maximum absolute atomic E-state index is 13.3. The highest BCUT2D eigenvalue weighted by atomic mass is 35.5. The highest BCUT2D eigenvalue weighted by Crippen LogP contribution is 2.29. The van der Waals surface area contributed by atoms with Crippen molar-refractivity contribution in [3.63, 3.8) is 0 Å². The van der Waals surface area contributed by atoms with E-state index in [9.17, 15) is 17.2 Å². The predicted octanol–water partition coefficient (Wildman–Crippen LogP) is 2.81. The maximum atomic E-state index is 13.3. The highest BCUT2D eigenvalue weighted by Gasteiger charge is 2.27. The molecule has 4 nitrogen and oxygen atoms in total. The van der Waals surface area contributed by atoms with Gasteiger partial charge in [-0.25, -0.2) is 17.2 Å². The lowest BCUT2D eigenvalue weighted by Crippen LogP contribution is -2.33. The first kappa shape index (κ1) is 16.7. The quantitative estimate of drug-likeness (QED) is 0.904. The molecule has 0 spiro atoms. The molecule has 2 aromatic rings. The summed E-state index contributed by atoms with van der Waals surface area (Å²) in [5.41, 5.74) is 0.0365. The van der Waals surface area contributed by atoms with Crippen LogP contribution in [0.15, 0.2) is 47.4 Å². The molecule has 0 aliphatic heterocycles. The fraction of sp³-hybridized carbons (Fsp3) is 0.143. The summed E-state index contributed by atoms with van der Waals surface area (Å²) in [6, 6.07) is 7.77. The number of hydrogen-bond acceptors (Lipinski definition) is 3. The van der Waals surface area contributed by atoms with Gasteiger partial charge in [-0.1, -0.05) is 17.7 Å². The fourth-order valence-electron chi connectivity index (χ4n) is 1.91. The van der Waals surface area contributed by atoms with Crippen molar-refractivity contribution < 1.29 is 22.3 Å². The van der Waals surface area contributed by atoms with E-state index in [1.165, 1.54) is 12.1 Å². The minimum absolute atomic E-state index is 0.0365. The van der Waals surface area contributed by atoms with Crippen LogP contribution in [0.5, 0.6) is 0 Å². The molecule has 0 saturated heterocycles. The van der Waals surface area contributed by atoms with E-state index in [0.29, 0.717) is 0 Å². The Bertz CT molecular complexity index is 783. The van der Waals surface area contributed by atoms with Crippen LogP contribution in [0.2, 0.25) is 5.02 Å². The summed E-state index contributed by atoms with van der Waals surface area (Å²) in [4.78, 5) is -0.326. The summed E-state index contributed by atoms with van der Waals surface area (Å²) < 4.78 is 52.5. The first-order valence-electron chi connectivity index (χ1n) is 6.20. The van der Waals surface area contributed by atoms with Crippen molar-refractivity contribution in [3.8, 4) is 0 Å². The van der Waals surface area contributed by atoms with E-state index < -0.39 is 28.3 Å². The van der Waals surface area contributed by atoms with E-state index in [-0.39, 0.29) is 22.2 Å². The SMILES string of the molecule is O=S(=O)(c1ccc(F)cc1Cl)N(CCO)c1cccc(F)c1. The largest absolute Gasteiger partial charge is 0.394 e. The molecule has 0 saturated carbocycles. The topological polar surface area (TPSA) is 57.6 Å². The Morgan fingerprint density at radius 1 is 1.09 bits per heavy atom. The van der Waals surface area contributed by atoms with Crippen molar-refractivity contribution in [1.82, 2.24) is 0 Å². The standard InChI is InChI=1S/C14H12ClF2NO3S/c15-13-9-11(17)4-5-14(13)22(20,21)18(6-7-19)12-3-1-2-10(16)8-12/h1-5,8-9,19H,6-7H2. The molecule has 0 aliphatic carbocycles. The lowest BCUT2D eigenvalue weighted by Gasteiger charge is -2.24. The van der Waals surface area contributed by atoms with Gasteiger partial charge < -0.3 is 5.11 Å². The molecule has 0 bridgehead atoms. The van der Waals surface area contributed by atoms with Gasteiger partial charge in [-0.3, -0.25) is 4.31 Å². The molecule has 1 N–H and O–H groups in total. The third-order valence-corrected chi connectivity index (χ3v) is 5.17. The Morgan fingerprint density at radius 3 is 2.36 bits per heavy atom. The second kappa shape index (κ2) is 6.60. The molecule has 2 aromatic carbocycles. The van der Waals surface area contributed by atoms with Crippen molar-refractivity contribution in [2.24, 2.45) is 0 Å². The molecule has 0 amide bonds. The first-order valence-corrected chi connectivity index (χ1v) is 8.02. The average molecular weight is 348 g/mol. The van der Waals surface area contributed by atoms with E-state index in [1.54, 1.807) is 0 Å².